The second kappa shape index (κ2) is 10.1. The molecule has 0 saturated carbocycles. The highest BCUT2D eigenvalue weighted by Gasteiger charge is 2.26. The summed E-state index contributed by atoms with van der Waals surface area (Å²) in [5.41, 5.74) is 4.52. The fraction of sp³-hybridized carbons (Fsp3) is 0.417. The van der Waals surface area contributed by atoms with Crippen molar-refractivity contribution >= 4 is 11.8 Å². The molecule has 0 radical (unpaired) electrons. The molecule has 0 fully saturated rings. The first-order chi connectivity index (χ1) is 13.3. The Morgan fingerprint density at radius 1 is 0.964 bits per heavy atom. The summed E-state index contributed by atoms with van der Waals surface area (Å²) in [6.07, 6.45) is 1.05. The molecule has 0 heterocycles. The third kappa shape index (κ3) is 6.22. The Morgan fingerprint density at radius 2 is 1.61 bits per heavy atom. The fourth-order valence-corrected chi connectivity index (χ4v) is 3.11. The molecule has 2 aromatic rings. The van der Waals surface area contributed by atoms with E-state index in [1.807, 2.05) is 52.0 Å². The van der Waals surface area contributed by atoms with E-state index < -0.39 is 6.04 Å². The molecule has 1 atom stereocenters. The second-order valence-corrected chi connectivity index (χ2v) is 7.77. The molecule has 1 N–H and O–H groups in total. The lowest BCUT2D eigenvalue weighted by Crippen LogP contribution is -2.49. The van der Waals surface area contributed by atoms with Gasteiger partial charge in [-0.2, -0.15) is 0 Å². The van der Waals surface area contributed by atoms with Crippen molar-refractivity contribution in [1.82, 2.24) is 10.2 Å². The van der Waals surface area contributed by atoms with Gasteiger partial charge < -0.3 is 10.2 Å². The SMILES string of the molecule is Cc1ccc(CCC(=O)N(Cc2ccccc2C)[C@H](C)C(=O)NC(C)C)cc1. The molecule has 0 bridgehead atoms. The van der Waals surface area contributed by atoms with Crippen molar-refractivity contribution in [3.63, 3.8) is 0 Å². The smallest absolute Gasteiger partial charge is 0.242 e. The standard InChI is InChI=1S/C24H32N2O2/c1-17(2)25-24(28)20(5)26(16-22-9-7-6-8-19(22)4)23(27)15-14-21-12-10-18(3)11-13-21/h6-13,17,20H,14-16H2,1-5H3,(H,25,28)/t20-/m1/s1. The van der Waals surface area contributed by atoms with Crippen LogP contribution in [-0.4, -0.2) is 28.8 Å². The van der Waals surface area contributed by atoms with Crippen molar-refractivity contribution in [2.24, 2.45) is 0 Å². The molecule has 0 aliphatic carbocycles. The maximum absolute atomic E-state index is 13.1. The highest BCUT2D eigenvalue weighted by atomic mass is 16.2. The van der Waals surface area contributed by atoms with Gasteiger partial charge in [0.15, 0.2) is 0 Å². The number of rotatable bonds is 8. The number of benzene rings is 2. The number of aryl methyl sites for hydroxylation is 3. The van der Waals surface area contributed by atoms with E-state index in [0.29, 0.717) is 19.4 Å². The Kier molecular flexibility index (Phi) is 7.80. The molecule has 0 aliphatic heterocycles. The van der Waals surface area contributed by atoms with E-state index in [-0.39, 0.29) is 17.9 Å². The van der Waals surface area contributed by atoms with Crippen LogP contribution in [0.2, 0.25) is 0 Å². The molecule has 28 heavy (non-hydrogen) atoms. The Morgan fingerprint density at radius 3 is 2.21 bits per heavy atom. The van der Waals surface area contributed by atoms with E-state index in [2.05, 4.69) is 29.6 Å². The van der Waals surface area contributed by atoms with E-state index in [4.69, 9.17) is 0 Å². The first-order valence-corrected chi connectivity index (χ1v) is 9.98. The van der Waals surface area contributed by atoms with Crippen molar-refractivity contribution in [2.75, 3.05) is 0 Å². The van der Waals surface area contributed by atoms with E-state index in [1.165, 1.54) is 5.56 Å². The number of nitrogens with zero attached hydrogens (tertiary/aromatic N) is 1. The van der Waals surface area contributed by atoms with E-state index in [9.17, 15) is 9.59 Å². The average molecular weight is 381 g/mol. The number of carbonyl (C=O) groups is 2. The number of carbonyl (C=O) groups excluding carboxylic acids is 2. The van der Waals surface area contributed by atoms with E-state index in [1.54, 1.807) is 11.8 Å². The third-order valence-electron chi connectivity index (χ3n) is 4.95. The van der Waals surface area contributed by atoms with Crippen LogP contribution in [0.1, 0.15) is 49.4 Å². The van der Waals surface area contributed by atoms with Crippen LogP contribution in [-0.2, 0) is 22.6 Å². The van der Waals surface area contributed by atoms with Gasteiger partial charge in [0.1, 0.15) is 6.04 Å². The molecule has 4 heteroatoms. The zero-order valence-corrected chi connectivity index (χ0v) is 17.7. The van der Waals surface area contributed by atoms with Gasteiger partial charge in [-0.1, -0.05) is 54.1 Å². The lowest BCUT2D eigenvalue weighted by atomic mass is 10.0. The minimum absolute atomic E-state index is 0.00441. The number of amides is 2. The van der Waals surface area contributed by atoms with Crippen LogP contribution < -0.4 is 5.32 Å². The van der Waals surface area contributed by atoms with Crippen molar-refractivity contribution in [2.45, 2.75) is 66.1 Å². The first-order valence-electron chi connectivity index (χ1n) is 9.98. The molecule has 0 aromatic heterocycles. The maximum atomic E-state index is 13.1. The molecule has 0 saturated heterocycles. The van der Waals surface area contributed by atoms with Gasteiger partial charge in [0.25, 0.3) is 0 Å². The summed E-state index contributed by atoms with van der Waals surface area (Å²) in [6, 6.07) is 15.8. The molecule has 4 nitrogen and oxygen atoms in total. The van der Waals surface area contributed by atoms with Gasteiger partial charge in [-0.05, 0) is 57.7 Å². The average Bonchev–Trinajstić information content (AvgIpc) is 2.65. The van der Waals surface area contributed by atoms with Crippen molar-refractivity contribution < 1.29 is 9.59 Å². The number of nitrogens with one attached hydrogen (secondary N) is 1. The molecule has 2 rings (SSSR count). The Balaban J connectivity index is 2.15. The Bertz CT molecular complexity index is 797. The van der Waals surface area contributed by atoms with E-state index >= 15 is 0 Å². The highest BCUT2D eigenvalue weighted by molar-refractivity contribution is 5.87. The summed E-state index contributed by atoms with van der Waals surface area (Å²) in [6.45, 7) is 10.2. The summed E-state index contributed by atoms with van der Waals surface area (Å²) in [5, 5.41) is 2.93. The first kappa shape index (κ1) is 21.7. The summed E-state index contributed by atoms with van der Waals surface area (Å²) < 4.78 is 0. The largest absolute Gasteiger partial charge is 0.352 e. The number of hydrogen-bond acceptors (Lipinski definition) is 2. The minimum Gasteiger partial charge on any atom is -0.352 e. The molecular weight excluding hydrogens is 348 g/mol. The summed E-state index contributed by atoms with van der Waals surface area (Å²) in [7, 11) is 0. The summed E-state index contributed by atoms with van der Waals surface area (Å²) >= 11 is 0. The molecule has 2 aromatic carbocycles. The molecular formula is C24H32N2O2. The normalized spacial score (nSPS) is 11.9. The monoisotopic (exact) mass is 380 g/mol. The van der Waals surface area contributed by atoms with Crippen molar-refractivity contribution in [3.8, 4) is 0 Å². The molecule has 2 amide bonds. The summed E-state index contributed by atoms with van der Waals surface area (Å²) in [5.74, 6) is -0.123. The second-order valence-electron chi connectivity index (χ2n) is 7.77. The topological polar surface area (TPSA) is 49.4 Å². The molecule has 0 unspecified atom stereocenters. The van der Waals surface area contributed by atoms with Crippen molar-refractivity contribution in [1.29, 1.82) is 0 Å². The van der Waals surface area contributed by atoms with Crippen LogP contribution in [0.25, 0.3) is 0 Å². The Hall–Kier alpha value is -2.62. The predicted molar refractivity (Wildman–Crippen MR) is 114 cm³/mol. The van der Waals surface area contributed by atoms with Crippen LogP contribution in [0.5, 0.6) is 0 Å². The third-order valence-corrected chi connectivity index (χ3v) is 4.95. The lowest BCUT2D eigenvalue weighted by molar-refractivity contribution is -0.140. The van der Waals surface area contributed by atoms with Gasteiger partial charge in [0.05, 0.1) is 0 Å². The molecule has 0 spiro atoms. The maximum Gasteiger partial charge on any atom is 0.242 e. The predicted octanol–water partition coefficient (Wildman–Crippen LogP) is 4.18. The van der Waals surface area contributed by atoms with Gasteiger partial charge in [-0.25, -0.2) is 0 Å². The number of hydrogen-bond donors (Lipinski definition) is 1. The van der Waals surface area contributed by atoms with Crippen LogP contribution >= 0.6 is 0 Å². The minimum atomic E-state index is -0.521. The zero-order chi connectivity index (χ0) is 20.7. The van der Waals surface area contributed by atoms with Crippen molar-refractivity contribution in [3.05, 3.63) is 70.8 Å². The Labute approximate surface area is 169 Å². The molecule has 150 valence electrons. The van der Waals surface area contributed by atoms with Crippen LogP contribution in [0.3, 0.4) is 0 Å². The lowest BCUT2D eigenvalue weighted by Gasteiger charge is -2.30. The fourth-order valence-electron chi connectivity index (χ4n) is 3.11. The molecule has 0 aliphatic rings. The van der Waals surface area contributed by atoms with Gasteiger partial charge in [0.2, 0.25) is 11.8 Å². The quantitative estimate of drug-likeness (QED) is 0.747. The highest BCUT2D eigenvalue weighted by Crippen LogP contribution is 2.16. The van der Waals surface area contributed by atoms with Gasteiger partial charge >= 0.3 is 0 Å². The van der Waals surface area contributed by atoms with Gasteiger partial charge in [-0.15, -0.1) is 0 Å². The van der Waals surface area contributed by atoms with E-state index in [0.717, 1.165) is 16.7 Å². The van der Waals surface area contributed by atoms with Gasteiger partial charge in [0, 0.05) is 19.0 Å². The van der Waals surface area contributed by atoms with Crippen LogP contribution in [0.15, 0.2) is 48.5 Å². The van der Waals surface area contributed by atoms with Crippen LogP contribution in [0, 0.1) is 13.8 Å². The van der Waals surface area contributed by atoms with Gasteiger partial charge in [-0.3, -0.25) is 9.59 Å². The summed E-state index contributed by atoms with van der Waals surface area (Å²) in [4.78, 5) is 27.4. The van der Waals surface area contributed by atoms with Crippen LogP contribution in [0.4, 0.5) is 0 Å². The zero-order valence-electron chi connectivity index (χ0n) is 17.7.